The molecule has 0 aliphatic rings. The van der Waals surface area contributed by atoms with E-state index in [1.165, 1.54) is 11.3 Å². The second-order valence-electron chi connectivity index (χ2n) is 7.02. The second-order valence-corrected chi connectivity index (χ2v) is 10.1. The van der Waals surface area contributed by atoms with Crippen molar-refractivity contribution < 1.29 is 13.2 Å². The Morgan fingerprint density at radius 1 is 1.20 bits per heavy atom. The lowest BCUT2D eigenvalue weighted by atomic mass is 9.93. The summed E-state index contributed by atoms with van der Waals surface area (Å²) in [4.78, 5) is 16.3. The average Bonchev–Trinajstić information content (AvgIpc) is 2.96. The molecule has 0 unspecified atom stereocenters. The monoisotopic (exact) mass is 380 g/mol. The molecule has 1 heterocycles. The van der Waals surface area contributed by atoms with Crippen LogP contribution in [0.2, 0.25) is 0 Å². The van der Waals surface area contributed by atoms with Crippen LogP contribution in [0.1, 0.15) is 38.4 Å². The molecule has 136 valence electrons. The van der Waals surface area contributed by atoms with E-state index < -0.39 is 21.5 Å². The lowest BCUT2D eigenvalue weighted by Gasteiger charge is -2.14. The molecule has 0 bridgehead atoms. The number of amides is 1. The van der Waals surface area contributed by atoms with Crippen LogP contribution in [-0.2, 0) is 26.5 Å². The van der Waals surface area contributed by atoms with Gasteiger partial charge in [-0.3, -0.25) is 4.79 Å². The highest BCUT2D eigenvalue weighted by Gasteiger charge is 2.20. The molecule has 0 aliphatic carbocycles. The first-order chi connectivity index (χ1) is 11.7. The van der Waals surface area contributed by atoms with E-state index in [0.717, 1.165) is 11.3 Å². The second kappa shape index (κ2) is 8.10. The van der Waals surface area contributed by atoms with Crippen LogP contribution in [0.15, 0.2) is 35.7 Å². The molecule has 0 atom stereocenters. The van der Waals surface area contributed by atoms with Crippen LogP contribution in [0.3, 0.4) is 0 Å². The van der Waals surface area contributed by atoms with Crippen LogP contribution in [0.5, 0.6) is 0 Å². The Morgan fingerprint density at radius 2 is 1.88 bits per heavy atom. The predicted octanol–water partition coefficient (Wildman–Crippen LogP) is 3.43. The minimum atomic E-state index is -3.43. The highest BCUT2D eigenvalue weighted by atomic mass is 32.2. The number of aromatic nitrogens is 1. The van der Waals surface area contributed by atoms with Gasteiger partial charge in [0.15, 0.2) is 15.0 Å². The van der Waals surface area contributed by atoms with Crippen LogP contribution in [-0.4, -0.2) is 30.8 Å². The molecule has 1 aromatic heterocycles. The maximum atomic E-state index is 12.1. The van der Waals surface area contributed by atoms with Gasteiger partial charge in [-0.2, -0.15) is 0 Å². The number of anilines is 1. The zero-order valence-electron chi connectivity index (χ0n) is 14.8. The zero-order chi connectivity index (χ0) is 18.5. The number of rotatable bonds is 7. The van der Waals surface area contributed by atoms with Gasteiger partial charge in [0.2, 0.25) is 5.91 Å². The molecular weight excluding hydrogens is 356 g/mol. The van der Waals surface area contributed by atoms with Gasteiger partial charge in [-0.1, -0.05) is 51.1 Å². The van der Waals surface area contributed by atoms with Crippen LogP contribution in [0.4, 0.5) is 5.13 Å². The molecule has 1 amide bonds. The molecule has 2 aromatic rings. The standard InChI is InChI=1S/C18H24N2O3S2/c1-18(2,3)15-12-24-17(19-15)20-16(21)13-25(22,23)11-7-10-14-8-5-4-6-9-14/h4-6,8-9,12H,7,10-11,13H2,1-3H3,(H,19,20,21). The van der Waals surface area contributed by atoms with Crippen molar-refractivity contribution in [3.63, 3.8) is 0 Å². The number of nitrogens with one attached hydrogen (secondary N) is 1. The third kappa shape index (κ3) is 6.59. The summed E-state index contributed by atoms with van der Waals surface area (Å²) in [5, 5.41) is 4.91. The van der Waals surface area contributed by atoms with Crippen molar-refractivity contribution in [1.29, 1.82) is 0 Å². The number of benzene rings is 1. The molecule has 25 heavy (non-hydrogen) atoms. The highest BCUT2D eigenvalue weighted by Crippen LogP contribution is 2.26. The summed E-state index contributed by atoms with van der Waals surface area (Å²) in [6.07, 6.45) is 1.19. The van der Waals surface area contributed by atoms with Gasteiger partial charge < -0.3 is 5.32 Å². The molecule has 0 fully saturated rings. The van der Waals surface area contributed by atoms with Gasteiger partial charge >= 0.3 is 0 Å². The summed E-state index contributed by atoms with van der Waals surface area (Å²) in [6, 6.07) is 9.71. The largest absolute Gasteiger partial charge is 0.301 e. The minimum Gasteiger partial charge on any atom is -0.301 e. The van der Waals surface area contributed by atoms with Gasteiger partial charge in [-0.05, 0) is 18.4 Å². The molecule has 0 aliphatic heterocycles. The fourth-order valence-corrected chi connectivity index (χ4v) is 4.40. The molecule has 2 rings (SSSR count). The molecule has 0 radical (unpaired) electrons. The first kappa shape index (κ1) is 19.6. The van der Waals surface area contributed by atoms with Crippen molar-refractivity contribution in [2.75, 3.05) is 16.8 Å². The molecule has 0 spiro atoms. The van der Waals surface area contributed by atoms with Crippen LogP contribution in [0.25, 0.3) is 0 Å². The van der Waals surface area contributed by atoms with Crippen molar-refractivity contribution in [2.24, 2.45) is 0 Å². The summed E-state index contributed by atoms with van der Waals surface area (Å²) < 4.78 is 24.2. The lowest BCUT2D eigenvalue weighted by molar-refractivity contribution is -0.113. The van der Waals surface area contributed by atoms with E-state index in [2.05, 4.69) is 10.3 Å². The Kier molecular flexibility index (Phi) is 6.35. The highest BCUT2D eigenvalue weighted by molar-refractivity contribution is 7.92. The van der Waals surface area contributed by atoms with E-state index in [0.29, 0.717) is 18.0 Å². The lowest BCUT2D eigenvalue weighted by Crippen LogP contribution is -2.25. The van der Waals surface area contributed by atoms with E-state index in [-0.39, 0.29) is 11.2 Å². The van der Waals surface area contributed by atoms with Gasteiger partial charge in [0, 0.05) is 10.8 Å². The number of thiazole rings is 1. The van der Waals surface area contributed by atoms with E-state index in [1.807, 2.05) is 56.5 Å². The Bertz CT molecular complexity index is 806. The molecule has 7 heteroatoms. The maximum absolute atomic E-state index is 12.1. The van der Waals surface area contributed by atoms with Gasteiger partial charge in [0.1, 0.15) is 5.75 Å². The van der Waals surface area contributed by atoms with Crippen LogP contribution >= 0.6 is 11.3 Å². The topological polar surface area (TPSA) is 76.1 Å². The van der Waals surface area contributed by atoms with Crippen molar-refractivity contribution >= 4 is 32.2 Å². The number of nitrogens with zero attached hydrogens (tertiary/aromatic N) is 1. The fraction of sp³-hybridized carbons (Fsp3) is 0.444. The van der Waals surface area contributed by atoms with E-state index in [9.17, 15) is 13.2 Å². The van der Waals surface area contributed by atoms with E-state index in [4.69, 9.17) is 0 Å². The third-order valence-electron chi connectivity index (χ3n) is 3.63. The molecule has 5 nitrogen and oxygen atoms in total. The van der Waals surface area contributed by atoms with Gasteiger partial charge in [-0.25, -0.2) is 13.4 Å². The Balaban J connectivity index is 1.83. The predicted molar refractivity (Wildman–Crippen MR) is 103 cm³/mol. The first-order valence-corrected chi connectivity index (χ1v) is 10.9. The number of aryl methyl sites for hydroxylation is 1. The number of hydrogen-bond acceptors (Lipinski definition) is 5. The number of sulfone groups is 1. The minimum absolute atomic E-state index is 0.000421. The molecule has 1 aromatic carbocycles. The summed E-state index contributed by atoms with van der Waals surface area (Å²) >= 11 is 1.31. The summed E-state index contributed by atoms with van der Waals surface area (Å²) in [6.45, 7) is 6.10. The molecular formula is C18H24N2O3S2. The molecule has 0 saturated carbocycles. The summed E-state index contributed by atoms with van der Waals surface area (Å²) in [7, 11) is -3.43. The smallest absolute Gasteiger partial charge is 0.241 e. The van der Waals surface area contributed by atoms with Crippen LogP contribution in [0, 0.1) is 0 Å². The quantitative estimate of drug-likeness (QED) is 0.798. The Morgan fingerprint density at radius 3 is 2.48 bits per heavy atom. The van der Waals surface area contributed by atoms with Gasteiger partial charge in [0.05, 0.1) is 11.4 Å². The van der Waals surface area contributed by atoms with E-state index in [1.54, 1.807) is 0 Å². The van der Waals surface area contributed by atoms with Crippen molar-refractivity contribution in [2.45, 2.75) is 39.0 Å². The number of carbonyl (C=O) groups excluding carboxylic acids is 1. The normalized spacial score (nSPS) is 12.1. The third-order valence-corrected chi connectivity index (χ3v) is 6.00. The van der Waals surface area contributed by atoms with Gasteiger partial charge in [-0.15, -0.1) is 11.3 Å². The Hall–Kier alpha value is -1.73. The SMILES string of the molecule is CC(C)(C)c1csc(NC(=O)CS(=O)(=O)CCCc2ccccc2)n1. The van der Waals surface area contributed by atoms with Crippen molar-refractivity contribution in [1.82, 2.24) is 4.98 Å². The molecule has 0 saturated heterocycles. The van der Waals surface area contributed by atoms with Gasteiger partial charge in [0.25, 0.3) is 0 Å². The molecule has 1 N–H and O–H groups in total. The first-order valence-electron chi connectivity index (χ1n) is 8.16. The van der Waals surface area contributed by atoms with Crippen molar-refractivity contribution in [3.8, 4) is 0 Å². The average molecular weight is 381 g/mol. The van der Waals surface area contributed by atoms with E-state index >= 15 is 0 Å². The number of hydrogen-bond donors (Lipinski definition) is 1. The summed E-state index contributed by atoms with van der Waals surface area (Å²) in [5.41, 5.74) is 1.86. The Labute approximate surface area is 153 Å². The maximum Gasteiger partial charge on any atom is 0.241 e. The fourth-order valence-electron chi connectivity index (χ4n) is 2.24. The van der Waals surface area contributed by atoms with Crippen LogP contribution < -0.4 is 5.32 Å². The zero-order valence-corrected chi connectivity index (χ0v) is 16.4. The summed E-state index contributed by atoms with van der Waals surface area (Å²) in [5.74, 6) is -1.04. The van der Waals surface area contributed by atoms with Crippen molar-refractivity contribution in [3.05, 3.63) is 47.0 Å². The number of carbonyl (C=O) groups is 1.